The highest BCUT2D eigenvalue weighted by molar-refractivity contribution is 4.98. The van der Waals surface area contributed by atoms with Gasteiger partial charge in [0.1, 0.15) is 0 Å². The van der Waals surface area contributed by atoms with Gasteiger partial charge in [-0.15, -0.1) is 5.10 Å². The van der Waals surface area contributed by atoms with Crippen molar-refractivity contribution in [1.82, 2.24) is 30.3 Å². The first kappa shape index (κ1) is 11.3. The van der Waals surface area contributed by atoms with Crippen molar-refractivity contribution in [2.75, 3.05) is 6.54 Å². The van der Waals surface area contributed by atoms with Gasteiger partial charge < -0.3 is 5.32 Å². The van der Waals surface area contributed by atoms with Gasteiger partial charge in [0.05, 0.1) is 30.3 Å². The lowest BCUT2D eigenvalue weighted by Crippen LogP contribution is -2.16. The molecule has 0 bridgehead atoms. The summed E-state index contributed by atoms with van der Waals surface area (Å²) in [7, 11) is 0. The Kier molecular flexibility index (Phi) is 3.27. The van der Waals surface area contributed by atoms with E-state index in [1.54, 1.807) is 23.3 Å². The topological polar surface area (TPSA) is 68.5 Å². The van der Waals surface area contributed by atoms with Gasteiger partial charge in [0.15, 0.2) is 0 Å². The average Bonchev–Trinajstić information content (AvgIpc) is 3.11. The highest BCUT2D eigenvalue weighted by atomic mass is 15.4. The molecule has 3 rings (SSSR count). The lowest BCUT2D eigenvalue weighted by Gasteiger charge is -1.99. The molecule has 94 valence electrons. The molecule has 1 aliphatic rings. The molecule has 18 heavy (non-hydrogen) atoms. The van der Waals surface area contributed by atoms with Gasteiger partial charge in [0, 0.05) is 18.9 Å². The highest BCUT2D eigenvalue weighted by Gasteiger charge is 2.20. The van der Waals surface area contributed by atoms with Crippen LogP contribution in [0.4, 0.5) is 0 Å². The Balaban J connectivity index is 1.52. The molecule has 6 heteroatoms. The number of nitrogens with one attached hydrogen (secondary N) is 1. The summed E-state index contributed by atoms with van der Waals surface area (Å²) in [5, 5.41) is 11.6. The lowest BCUT2D eigenvalue weighted by atomic mass is 10.4. The van der Waals surface area contributed by atoms with E-state index in [-0.39, 0.29) is 0 Å². The Labute approximate surface area is 105 Å². The van der Waals surface area contributed by atoms with Crippen LogP contribution in [0.3, 0.4) is 0 Å². The van der Waals surface area contributed by atoms with Crippen LogP contribution >= 0.6 is 0 Å². The zero-order valence-electron chi connectivity index (χ0n) is 10.2. The summed E-state index contributed by atoms with van der Waals surface area (Å²) in [5.74, 6) is 0.889. The first-order valence-corrected chi connectivity index (χ1v) is 6.25. The molecule has 2 aromatic heterocycles. The molecule has 0 saturated heterocycles. The minimum Gasteiger partial charge on any atom is -0.311 e. The van der Waals surface area contributed by atoms with E-state index < -0.39 is 0 Å². The summed E-state index contributed by atoms with van der Waals surface area (Å²) in [6.45, 7) is 2.50. The SMILES string of the molecule is c1cnc(Cn2cc(CNCC3CC3)nn2)cn1. The molecule has 1 fully saturated rings. The molecule has 0 spiro atoms. The maximum Gasteiger partial charge on any atom is 0.0964 e. The summed E-state index contributed by atoms with van der Waals surface area (Å²) >= 11 is 0. The largest absolute Gasteiger partial charge is 0.311 e. The Morgan fingerprint density at radius 3 is 3.00 bits per heavy atom. The summed E-state index contributed by atoms with van der Waals surface area (Å²) in [5.41, 5.74) is 1.86. The van der Waals surface area contributed by atoms with E-state index in [1.807, 2.05) is 6.20 Å². The van der Waals surface area contributed by atoms with Crippen molar-refractivity contribution in [3.05, 3.63) is 36.2 Å². The molecule has 1 saturated carbocycles. The molecule has 1 aliphatic carbocycles. The van der Waals surface area contributed by atoms with E-state index in [0.29, 0.717) is 6.54 Å². The average molecular weight is 244 g/mol. The third-order valence-electron chi connectivity index (χ3n) is 2.96. The number of rotatable bonds is 6. The second-order valence-corrected chi connectivity index (χ2v) is 4.68. The minimum atomic E-state index is 0.615. The molecular weight excluding hydrogens is 228 g/mol. The van der Waals surface area contributed by atoms with Gasteiger partial charge in [-0.1, -0.05) is 5.21 Å². The van der Waals surface area contributed by atoms with Crippen molar-refractivity contribution in [3.63, 3.8) is 0 Å². The quantitative estimate of drug-likeness (QED) is 0.806. The smallest absolute Gasteiger partial charge is 0.0964 e. The van der Waals surface area contributed by atoms with E-state index in [0.717, 1.165) is 30.4 Å². The van der Waals surface area contributed by atoms with Gasteiger partial charge in [-0.3, -0.25) is 9.97 Å². The van der Waals surface area contributed by atoms with Crippen molar-refractivity contribution in [2.45, 2.75) is 25.9 Å². The molecule has 6 nitrogen and oxygen atoms in total. The van der Waals surface area contributed by atoms with Crippen LogP contribution in [0, 0.1) is 5.92 Å². The van der Waals surface area contributed by atoms with Crippen LogP contribution in [-0.2, 0) is 13.1 Å². The monoisotopic (exact) mass is 244 g/mol. The molecule has 0 atom stereocenters. The Hall–Kier alpha value is -1.82. The van der Waals surface area contributed by atoms with E-state index in [9.17, 15) is 0 Å². The fraction of sp³-hybridized carbons (Fsp3) is 0.500. The van der Waals surface area contributed by atoms with E-state index in [2.05, 4.69) is 25.6 Å². The van der Waals surface area contributed by atoms with Crippen LogP contribution in [0.1, 0.15) is 24.2 Å². The van der Waals surface area contributed by atoms with E-state index >= 15 is 0 Å². The molecule has 0 aromatic carbocycles. The third-order valence-corrected chi connectivity index (χ3v) is 2.96. The maximum atomic E-state index is 4.21. The second kappa shape index (κ2) is 5.22. The maximum absolute atomic E-state index is 4.21. The van der Waals surface area contributed by atoms with Crippen molar-refractivity contribution in [3.8, 4) is 0 Å². The van der Waals surface area contributed by atoms with Crippen LogP contribution < -0.4 is 5.32 Å². The van der Waals surface area contributed by atoms with Gasteiger partial charge >= 0.3 is 0 Å². The van der Waals surface area contributed by atoms with Crippen LogP contribution in [0.5, 0.6) is 0 Å². The molecular formula is C12H16N6. The molecule has 0 amide bonds. The van der Waals surface area contributed by atoms with Gasteiger partial charge in [0.2, 0.25) is 0 Å². The van der Waals surface area contributed by atoms with Gasteiger partial charge in [-0.05, 0) is 25.3 Å². The second-order valence-electron chi connectivity index (χ2n) is 4.68. The predicted octanol–water partition coefficient (Wildman–Crippen LogP) is 0.616. The standard InChI is InChI=1S/C12H16N6/c1-2-10(1)5-14-7-12-9-18(17-16-12)8-11-6-13-3-4-15-11/h3-4,6,9-10,14H,1-2,5,7-8H2. The minimum absolute atomic E-state index is 0.615. The van der Waals surface area contributed by atoms with Crippen molar-refractivity contribution in [1.29, 1.82) is 0 Å². The van der Waals surface area contributed by atoms with Gasteiger partial charge in [-0.2, -0.15) is 0 Å². The van der Waals surface area contributed by atoms with Gasteiger partial charge in [-0.25, -0.2) is 4.68 Å². The molecule has 0 aliphatic heterocycles. The van der Waals surface area contributed by atoms with Crippen molar-refractivity contribution in [2.24, 2.45) is 5.92 Å². The number of aromatic nitrogens is 5. The summed E-state index contributed by atoms with van der Waals surface area (Å²) in [4.78, 5) is 8.24. The summed E-state index contributed by atoms with van der Waals surface area (Å²) < 4.78 is 1.79. The normalized spacial score (nSPS) is 14.9. The first-order valence-electron chi connectivity index (χ1n) is 6.25. The molecule has 0 radical (unpaired) electrons. The van der Waals surface area contributed by atoms with Crippen LogP contribution in [0.25, 0.3) is 0 Å². The van der Waals surface area contributed by atoms with Crippen molar-refractivity contribution < 1.29 is 0 Å². The zero-order valence-corrected chi connectivity index (χ0v) is 10.2. The third kappa shape index (κ3) is 3.10. The number of nitrogens with zero attached hydrogens (tertiary/aromatic N) is 5. The fourth-order valence-corrected chi connectivity index (χ4v) is 1.80. The van der Waals surface area contributed by atoms with Crippen LogP contribution in [0.2, 0.25) is 0 Å². The summed E-state index contributed by atoms with van der Waals surface area (Å²) in [6, 6.07) is 0. The highest BCUT2D eigenvalue weighted by Crippen LogP contribution is 2.27. The van der Waals surface area contributed by atoms with E-state index in [1.165, 1.54) is 12.8 Å². The number of hydrogen-bond acceptors (Lipinski definition) is 5. The van der Waals surface area contributed by atoms with Gasteiger partial charge in [0.25, 0.3) is 0 Å². The Morgan fingerprint density at radius 1 is 1.28 bits per heavy atom. The van der Waals surface area contributed by atoms with E-state index in [4.69, 9.17) is 0 Å². The predicted molar refractivity (Wildman–Crippen MR) is 65.6 cm³/mol. The van der Waals surface area contributed by atoms with Crippen LogP contribution in [0.15, 0.2) is 24.8 Å². The zero-order chi connectivity index (χ0) is 12.2. The molecule has 0 unspecified atom stereocenters. The fourth-order valence-electron chi connectivity index (χ4n) is 1.80. The first-order chi connectivity index (χ1) is 8.90. The van der Waals surface area contributed by atoms with Crippen LogP contribution in [-0.4, -0.2) is 31.5 Å². The molecule has 2 heterocycles. The lowest BCUT2D eigenvalue weighted by molar-refractivity contribution is 0.625. The summed E-state index contributed by atoms with van der Waals surface area (Å²) in [6.07, 6.45) is 9.78. The Morgan fingerprint density at radius 2 is 2.22 bits per heavy atom. The molecule has 1 N–H and O–H groups in total. The van der Waals surface area contributed by atoms with Crippen molar-refractivity contribution >= 4 is 0 Å². The Bertz CT molecular complexity index is 490. The molecule has 2 aromatic rings. The number of hydrogen-bond donors (Lipinski definition) is 1.